The molecule has 5 heteroatoms. The van der Waals surface area contributed by atoms with Crippen molar-refractivity contribution in [2.24, 2.45) is 0 Å². The maximum Gasteiger partial charge on any atom is 0.303 e. The largest absolute Gasteiger partial charge is 0.481 e. The first-order chi connectivity index (χ1) is 7.59. The van der Waals surface area contributed by atoms with E-state index in [2.05, 4.69) is 5.32 Å². The van der Waals surface area contributed by atoms with Crippen molar-refractivity contribution in [1.82, 2.24) is 5.32 Å². The van der Waals surface area contributed by atoms with Crippen molar-refractivity contribution >= 4 is 23.2 Å². The number of carbonyl (C=O) groups is 2. The molecule has 16 heavy (non-hydrogen) atoms. The maximum atomic E-state index is 11.6. The van der Waals surface area contributed by atoms with Gasteiger partial charge in [-0.2, -0.15) is 0 Å². The lowest BCUT2D eigenvalue weighted by atomic mass is 10.1. The third-order valence-corrected chi connectivity index (χ3v) is 3.02. The molecule has 0 spiro atoms. The Morgan fingerprint density at radius 3 is 2.88 bits per heavy atom. The van der Waals surface area contributed by atoms with Crippen LogP contribution < -0.4 is 5.32 Å². The molecule has 0 fully saturated rings. The predicted molar refractivity (Wildman–Crippen MR) is 62.7 cm³/mol. The van der Waals surface area contributed by atoms with Crippen LogP contribution in [0.1, 0.15) is 35.9 Å². The fraction of sp³-hybridized carbons (Fsp3) is 0.455. The zero-order valence-electron chi connectivity index (χ0n) is 9.10. The molecule has 1 heterocycles. The SMILES string of the molecule is CC(CCCC(=O)O)NC(=O)c1cccs1. The van der Waals surface area contributed by atoms with Crippen LogP contribution in [0.3, 0.4) is 0 Å². The van der Waals surface area contributed by atoms with Gasteiger partial charge in [0.1, 0.15) is 0 Å². The van der Waals surface area contributed by atoms with Gasteiger partial charge in [0.25, 0.3) is 5.91 Å². The second kappa shape index (κ2) is 6.27. The molecule has 1 amide bonds. The molecule has 0 aliphatic rings. The number of carbonyl (C=O) groups excluding carboxylic acids is 1. The van der Waals surface area contributed by atoms with Gasteiger partial charge in [0, 0.05) is 12.5 Å². The van der Waals surface area contributed by atoms with Crippen molar-refractivity contribution in [3.8, 4) is 0 Å². The van der Waals surface area contributed by atoms with Crippen LogP contribution in [0.15, 0.2) is 17.5 Å². The van der Waals surface area contributed by atoms with Crippen LogP contribution in [0.25, 0.3) is 0 Å². The summed E-state index contributed by atoms with van der Waals surface area (Å²) < 4.78 is 0. The fourth-order valence-electron chi connectivity index (χ4n) is 1.33. The molecule has 0 aromatic carbocycles. The van der Waals surface area contributed by atoms with E-state index in [1.54, 1.807) is 6.07 Å². The van der Waals surface area contributed by atoms with Gasteiger partial charge in [-0.05, 0) is 31.2 Å². The van der Waals surface area contributed by atoms with Crippen molar-refractivity contribution in [2.45, 2.75) is 32.2 Å². The van der Waals surface area contributed by atoms with Gasteiger partial charge >= 0.3 is 5.97 Å². The Kier molecular flexibility index (Phi) is 4.98. The molecule has 0 radical (unpaired) electrons. The maximum absolute atomic E-state index is 11.6. The number of hydrogen-bond acceptors (Lipinski definition) is 3. The first-order valence-electron chi connectivity index (χ1n) is 5.15. The van der Waals surface area contributed by atoms with E-state index in [1.165, 1.54) is 11.3 Å². The van der Waals surface area contributed by atoms with Gasteiger partial charge in [-0.3, -0.25) is 9.59 Å². The third kappa shape index (κ3) is 4.44. The fourth-order valence-corrected chi connectivity index (χ4v) is 1.96. The minimum atomic E-state index is -0.795. The second-order valence-electron chi connectivity index (χ2n) is 3.64. The van der Waals surface area contributed by atoms with Crippen molar-refractivity contribution in [3.63, 3.8) is 0 Å². The summed E-state index contributed by atoms with van der Waals surface area (Å²) in [6.45, 7) is 1.88. The van der Waals surface area contributed by atoms with Gasteiger partial charge in [-0.1, -0.05) is 6.07 Å². The lowest BCUT2D eigenvalue weighted by Crippen LogP contribution is -2.32. The van der Waals surface area contributed by atoms with Crippen molar-refractivity contribution in [2.75, 3.05) is 0 Å². The summed E-state index contributed by atoms with van der Waals surface area (Å²) in [7, 11) is 0. The van der Waals surface area contributed by atoms with E-state index < -0.39 is 5.97 Å². The highest BCUT2D eigenvalue weighted by atomic mass is 32.1. The number of carboxylic acids is 1. The Bertz CT molecular complexity index is 348. The highest BCUT2D eigenvalue weighted by molar-refractivity contribution is 7.12. The van der Waals surface area contributed by atoms with Gasteiger partial charge in [0.05, 0.1) is 4.88 Å². The van der Waals surface area contributed by atoms with Crippen LogP contribution in [-0.2, 0) is 4.79 Å². The molecule has 1 rings (SSSR count). The van der Waals surface area contributed by atoms with E-state index in [-0.39, 0.29) is 18.4 Å². The summed E-state index contributed by atoms with van der Waals surface area (Å²) in [5.74, 6) is -0.880. The number of amides is 1. The van der Waals surface area contributed by atoms with Gasteiger partial charge in [0.2, 0.25) is 0 Å². The van der Waals surface area contributed by atoms with Crippen LogP contribution in [0.4, 0.5) is 0 Å². The average Bonchev–Trinajstić information content (AvgIpc) is 2.69. The number of aliphatic carboxylic acids is 1. The molecule has 1 atom stereocenters. The molecule has 0 saturated carbocycles. The Morgan fingerprint density at radius 2 is 2.31 bits per heavy atom. The average molecular weight is 241 g/mol. The first-order valence-corrected chi connectivity index (χ1v) is 6.03. The summed E-state index contributed by atoms with van der Waals surface area (Å²) in [4.78, 5) is 22.6. The minimum Gasteiger partial charge on any atom is -0.481 e. The Labute approximate surface area is 98.3 Å². The smallest absolute Gasteiger partial charge is 0.303 e. The standard InChI is InChI=1S/C11H15NO3S/c1-8(4-2-6-10(13)14)12-11(15)9-5-3-7-16-9/h3,5,7-8H,2,4,6H2,1H3,(H,12,15)(H,13,14). The van der Waals surface area contributed by atoms with Gasteiger partial charge < -0.3 is 10.4 Å². The van der Waals surface area contributed by atoms with E-state index in [9.17, 15) is 9.59 Å². The molecule has 0 saturated heterocycles. The topological polar surface area (TPSA) is 66.4 Å². The van der Waals surface area contributed by atoms with Crippen LogP contribution in [-0.4, -0.2) is 23.0 Å². The quantitative estimate of drug-likeness (QED) is 0.801. The van der Waals surface area contributed by atoms with Crippen molar-refractivity contribution < 1.29 is 14.7 Å². The Hall–Kier alpha value is -1.36. The second-order valence-corrected chi connectivity index (χ2v) is 4.59. The van der Waals surface area contributed by atoms with Crippen LogP contribution in [0, 0.1) is 0 Å². The van der Waals surface area contributed by atoms with E-state index in [1.807, 2.05) is 18.4 Å². The van der Waals surface area contributed by atoms with Gasteiger partial charge in [-0.25, -0.2) is 0 Å². The normalized spacial score (nSPS) is 12.1. The summed E-state index contributed by atoms with van der Waals surface area (Å²) >= 11 is 1.40. The number of nitrogens with one attached hydrogen (secondary N) is 1. The minimum absolute atomic E-state index is 0.00829. The number of carboxylic acid groups (broad SMARTS) is 1. The van der Waals surface area contributed by atoms with E-state index in [0.29, 0.717) is 17.7 Å². The molecule has 1 aromatic rings. The molecule has 1 unspecified atom stereocenters. The molecular weight excluding hydrogens is 226 g/mol. The molecule has 88 valence electrons. The molecule has 0 aliphatic heterocycles. The number of rotatable bonds is 6. The van der Waals surface area contributed by atoms with E-state index >= 15 is 0 Å². The molecule has 1 aromatic heterocycles. The zero-order valence-corrected chi connectivity index (χ0v) is 9.92. The summed E-state index contributed by atoms with van der Waals surface area (Å²) in [6, 6.07) is 3.60. The van der Waals surface area contributed by atoms with E-state index in [4.69, 9.17) is 5.11 Å². The number of thiophene rings is 1. The molecule has 0 aliphatic carbocycles. The Balaban J connectivity index is 2.26. The molecule has 4 nitrogen and oxygen atoms in total. The number of hydrogen-bond donors (Lipinski definition) is 2. The van der Waals surface area contributed by atoms with Crippen molar-refractivity contribution in [3.05, 3.63) is 22.4 Å². The van der Waals surface area contributed by atoms with E-state index in [0.717, 1.165) is 0 Å². The zero-order chi connectivity index (χ0) is 12.0. The predicted octanol–water partition coefficient (Wildman–Crippen LogP) is 2.12. The highest BCUT2D eigenvalue weighted by Gasteiger charge is 2.10. The van der Waals surface area contributed by atoms with Gasteiger partial charge in [-0.15, -0.1) is 11.3 Å². The summed E-state index contributed by atoms with van der Waals surface area (Å²) in [6.07, 6.45) is 1.42. The van der Waals surface area contributed by atoms with Crippen LogP contribution in [0.2, 0.25) is 0 Å². The van der Waals surface area contributed by atoms with Crippen LogP contribution in [0.5, 0.6) is 0 Å². The van der Waals surface area contributed by atoms with Gasteiger partial charge in [0.15, 0.2) is 0 Å². The monoisotopic (exact) mass is 241 g/mol. The summed E-state index contributed by atoms with van der Waals surface area (Å²) in [5.41, 5.74) is 0. The highest BCUT2D eigenvalue weighted by Crippen LogP contribution is 2.09. The summed E-state index contributed by atoms with van der Waals surface area (Å²) in [5, 5.41) is 13.2. The first kappa shape index (κ1) is 12.7. The third-order valence-electron chi connectivity index (χ3n) is 2.15. The van der Waals surface area contributed by atoms with Crippen LogP contribution >= 0.6 is 11.3 Å². The Morgan fingerprint density at radius 1 is 1.56 bits per heavy atom. The lowest BCUT2D eigenvalue weighted by molar-refractivity contribution is -0.137. The lowest BCUT2D eigenvalue weighted by Gasteiger charge is -2.12. The van der Waals surface area contributed by atoms with Crippen molar-refractivity contribution in [1.29, 1.82) is 0 Å². The molecule has 0 bridgehead atoms. The molecular formula is C11H15NO3S. The molecule has 2 N–H and O–H groups in total.